The molecule has 1 aromatic rings. The van der Waals surface area contributed by atoms with Gasteiger partial charge in [-0.25, -0.2) is 4.79 Å². The second kappa shape index (κ2) is 8.14. The lowest BCUT2D eigenvalue weighted by atomic mass is 10.1. The molecule has 0 heterocycles. The molecule has 0 aliphatic heterocycles. The summed E-state index contributed by atoms with van der Waals surface area (Å²) in [6, 6.07) is 4.41. The first-order chi connectivity index (χ1) is 9.93. The Balaban J connectivity index is 2.58. The number of rotatable bonds is 8. The number of carbonyl (C=O) groups excluding carboxylic acids is 1. The lowest BCUT2D eigenvalue weighted by Gasteiger charge is -2.11. The van der Waals surface area contributed by atoms with Gasteiger partial charge < -0.3 is 19.9 Å². The summed E-state index contributed by atoms with van der Waals surface area (Å²) in [6.45, 7) is 4.50. The summed E-state index contributed by atoms with van der Waals surface area (Å²) in [7, 11) is 1.45. The molecule has 0 fully saturated rings. The molecule has 0 saturated heterocycles. The summed E-state index contributed by atoms with van der Waals surface area (Å²) in [5, 5.41) is 11.8. The van der Waals surface area contributed by atoms with Crippen molar-refractivity contribution < 1.29 is 24.2 Å². The summed E-state index contributed by atoms with van der Waals surface area (Å²) in [6.07, 6.45) is 0.884. The highest BCUT2D eigenvalue weighted by atomic mass is 16.5. The van der Waals surface area contributed by atoms with E-state index in [9.17, 15) is 9.59 Å². The third kappa shape index (κ3) is 5.72. The van der Waals surface area contributed by atoms with Crippen LogP contribution in [0.1, 0.15) is 30.6 Å². The monoisotopic (exact) mass is 295 g/mol. The molecule has 0 aromatic heterocycles. The number of methoxy groups -OCH3 is 1. The van der Waals surface area contributed by atoms with Crippen molar-refractivity contribution in [3.05, 3.63) is 23.8 Å². The average Bonchev–Trinajstić information content (AvgIpc) is 2.44. The van der Waals surface area contributed by atoms with Gasteiger partial charge in [-0.05, 0) is 30.5 Å². The van der Waals surface area contributed by atoms with Crippen LogP contribution in [0.15, 0.2) is 18.2 Å². The fourth-order valence-electron chi connectivity index (χ4n) is 1.62. The molecule has 0 aliphatic rings. The molecule has 6 nitrogen and oxygen atoms in total. The number of amides is 1. The molecule has 0 saturated carbocycles. The van der Waals surface area contributed by atoms with Crippen molar-refractivity contribution in [1.29, 1.82) is 0 Å². The van der Waals surface area contributed by atoms with Crippen molar-refractivity contribution in [3.8, 4) is 11.5 Å². The van der Waals surface area contributed by atoms with Crippen molar-refractivity contribution in [2.24, 2.45) is 5.92 Å². The van der Waals surface area contributed by atoms with E-state index < -0.39 is 5.97 Å². The van der Waals surface area contributed by atoms with Gasteiger partial charge in [0, 0.05) is 6.54 Å². The Hall–Kier alpha value is -2.24. The number of ether oxygens (including phenoxy) is 2. The molecular weight excluding hydrogens is 274 g/mol. The van der Waals surface area contributed by atoms with E-state index in [1.54, 1.807) is 6.07 Å². The van der Waals surface area contributed by atoms with E-state index >= 15 is 0 Å². The maximum atomic E-state index is 11.6. The zero-order valence-electron chi connectivity index (χ0n) is 12.5. The van der Waals surface area contributed by atoms with Gasteiger partial charge in [-0.1, -0.05) is 13.8 Å². The molecule has 0 atom stereocenters. The van der Waals surface area contributed by atoms with Gasteiger partial charge in [0.15, 0.2) is 6.61 Å². The van der Waals surface area contributed by atoms with Gasteiger partial charge in [-0.2, -0.15) is 0 Å². The summed E-state index contributed by atoms with van der Waals surface area (Å²) >= 11 is 0. The van der Waals surface area contributed by atoms with E-state index in [1.807, 2.05) is 0 Å². The average molecular weight is 295 g/mol. The highest BCUT2D eigenvalue weighted by Gasteiger charge is 2.14. The van der Waals surface area contributed by atoms with Gasteiger partial charge in [-0.3, -0.25) is 4.79 Å². The SMILES string of the molecule is COc1ccc(OCC(=O)NCCC(C)C)c(C(=O)O)c1. The van der Waals surface area contributed by atoms with E-state index in [1.165, 1.54) is 19.2 Å². The van der Waals surface area contributed by atoms with Crippen molar-refractivity contribution in [3.63, 3.8) is 0 Å². The number of nitrogens with one attached hydrogen (secondary N) is 1. The van der Waals surface area contributed by atoms with Gasteiger partial charge in [0.1, 0.15) is 17.1 Å². The van der Waals surface area contributed by atoms with Crippen LogP contribution >= 0.6 is 0 Å². The predicted octanol–water partition coefficient (Wildman–Crippen LogP) is 1.93. The van der Waals surface area contributed by atoms with Gasteiger partial charge in [-0.15, -0.1) is 0 Å². The van der Waals surface area contributed by atoms with E-state index in [0.717, 1.165) is 6.42 Å². The molecule has 0 spiro atoms. The maximum absolute atomic E-state index is 11.6. The van der Waals surface area contributed by atoms with Crippen LogP contribution in [0.25, 0.3) is 0 Å². The first kappa shape index (κ1) is 16.8. The molecule has 1 aromatic carbocycles. The van der Waals surface area contributed by atoms with Gasteiger partial charge in [0.25, 0.3) is 5.91 Å². The molecule has 6 heteroatoms. The minimum absolute atomic E-state index is 0.0377. The molecule has 0 unspecified atom stereocenters. The Morgan fingerprint density at radius 3 is 2.62 bits per heavy atom. The Kier molecular flexibility index (Phi) is 6.52. The Morgan fingerprint density at radius 1 is 1.33 bits per heavy atom. The van der Waals surface area contributed by atoms with Gasteiger partial charge in [0.2, 0.25) is 0 Å². The predicted molar refractivity (Wildman–Crippen MR) is 77.9 cm³/mol. The molecule has 0 bridgehead atoms. The fourth-order valence-corrected chi connectivity index (χ4v) is 1.62. The quantitative estimate of drug-likeness (QED) is 0.765. The van der Waals surface area contributed by atoms with Crippen LogP contribution in [0, 0.1) is 5.92 Å². The van der Waals surface area contributed by atoms with Crippen LogP contribution in [0.2, 0.25) is 0 Å². The second-order valence-corrected chi connectivity index (χ2v) is 4.99. The molecule has 1 amide bonds. The molecule has 21 heavy (non-hydrogen) atoms. The topological polar surface area (TPSA) is 84.9 Å². The van der Waals surface area contributed by atoms with Crippen LogP contribution in [-0.2, 0) is 4.79 Å². The number of carboxylic acids is 1. The fraction of sp³-hybridized carbons (Fsp3) is 0.467. The van der Waals surface area contributed by atoms with E-state index in [4.69, 9.17) is 14.6 Å². The van der Waals surface area contributed by atoms with E-state index in [-0.39, 0.29) is 23.8 Å². The summed E-state index contributed by atoms with van der Waals surface area (Å²) < 4.78 is 10.2. The van der Waals surface area contributed by atoms with Gasteiger partial charge in [0.05, 0.1) is 7.11 Å². The van der Waals surface area contributed by atoms with Crippen molar-refractivity contribution >= 4 is 11.9 Å². The lowest BCUT2D eigenvalue weighted by Crippen LogP contribution is -2.30. The molecule has 0 radical (unpaired) electrons. The number of carbonyl (C=O) groups is 2. The Bertz CT molecular complexity index is 499. The normalized spacial score (nSPS) is 10.3. The molecule has 116 valence electrons. The smallest absolute Gasteiger partial charge is 0.339 e. The third-order valence-electron chi connectivity index (χ3n) is 2.82. The highest BCUT2D eigenvalue weighted by molar-refractivity contribution is 5.91. The Labute approximate surface area is 124 Å². The van der Waals surface area contributed by atoms with Gasteiger partial charge >= 0.3 is 5.97 Å². The van der Waals surface area contributed by atoms with E-state index in [2.05, 4.69) is 19.2 Å². The lowest BCUT2D eigenvalue weighted by molar-refractivity contribution is -0.123. The van der Waals surface area contributed by atoms with Crippen LogP contribution in [0.3, 0.4) is 0 Å². The van der Waals surface area contributed by atoms with Crippen LogP contribution in [-0.4, -0.2) is 37.2 Å². The number of hydrogen-bond donors (Lipinski definition) is 2. The number of hydrogen-bond acceptors (Lipinski definition) is 4. The minimum atomic E-state index is -1.14. The molecule has 0 aliphatic carbocycles. The van der Waals surface area contributed by atoms with Crippen LogP contribution < -0.4 is 14.8 Å². The van der Waals surface area contributed by atoms with Crippen molar-refractivity contribution in [2.45, 2.75) is 20.3 Å². The highest BCUT2D eigenvalue weighted by Crippen LogP contribution is 2.24. The zero-order chi connectivity index (χ0) is 15.8. The summed E-state index contributed by atoms with van der Waals surface area (Å²) in [5.41, 5.74) is -0.0377. The van der Waals surface area contributed by atoms with Crippen LogP contribution in [0.4, 0.5) is 0 Å². The number of benzene rings is 1. The van der Waals surface area contributed by atoms with Crippen molar-refractivity contribution in [1.82, 2.24) is 5.32 Å². The first-order valence-corrected chi connectivity index (χ1v) is 6.75. The second-order valence-electron chi connectivity index (χ2n) is 4.99. The van der Waals surface area contributed by atoms with Crippen molar-refractivity contribution in [2.75, 3.05) is 20.3 Å². The summed E-state index contributed by atoms with van der Waals surface area (Å²) in [4.78, 5) is 22.7. The molecular formula is C15H21NO5. The standard InChI is InChI=1S/C15H21NO5/c1-10(2)6-7-16-14(17)9-21-13-5-4-11(20-3)8-12(13)15(18)19/h4-5,8,10H,6-7,9H2,1-3H3,(H,16,17)(H,18,19). The number of carboxylic acid groups (broad SMARTS) is 1. The Morgan fingerprint density at radius 2 is 2.05 bits per heavy atom. The van der Waals surface area contributed by atoms with Crippen LogP contribution in [0.5, 0.6) is 11.5 Å². The molecule has 1 rings (SSSR count). The maximum Gasteiger partial charge on any atom is 0.339 e. The molecule has 2 N–H and O–H groups in total. The first-order valence-electron chi connectivity index (χ1n) is 6.75. The van der Waals surface area contributed by atoms with E-state index in [0.29, 0.717) is 18.2 Å². The number of aromatic carboxylic acids is 1. The minimum Gasteiger partial charge on any atom is -0.497 e. The third-order valence-corrected chi connectivity index (χ3v) is 2.82. The largest absolute Gasteiger partial charge is 0.497 e. The zero-order valence-corrected chi connectivity index (χ0v) is 12.5. The summed E-state index contributed by atoms with van der Waals surface area (Å²) in [5.74, 6) is -0.346.